The first kappa shape index (κ1) is 16.6. The van der Waals surface area contributed by atoms with Crippen LogP contribution in [0.1, 0.15) is 29.7 Å². The zero-order valence-corrected chi connectivity index (χ0v) is 15.6. The van der Waals surface area contributed by atoms with E-state index in [1.807, 2.05) is 36.4 Å². The van der Waals surface area contributed by atoms with E-state index < -0.39 is 15.3 Å². The first-order chi connectivity index (χ1) is 12.0. The summed E-state index contributed by atoms with van der Waals surface area (Å²) in [7, 11) is -1.36. The molecule has 4 rings (SSSR count). The van der Waals surface area contributed by atoms with Crippen LogP contribution in [0.3, 0.4) is 0 Å². The highest BCUT2D eigenvalue weighted by Gasteiger charge is 2.31. The molecule has 25 heavy (non-hydrogen) atoms. The summed E-state index contributed by atoms with van der Waals surface area (Å²) < 4.78 is 28.6. The normalized spacial score (nSPS) is 21.4. The zero-order chi connectivity index (χ0) is 17.6. The molecule has 1 atom stereocenters. The number of hydrogen-bond donors (Lipinski definition) is 0. The van der Waals surface area contributed by atoms with E-state index >= 15 is 0 Å². The zero-order valence-electron chi connectivity index (χ0n) is 14.8. The molecule has 0 saturated heterocycles. The Kier molecular flexibility index (Phi) is 4.08. The molecule has 0 spiro atoms. The van der Waals surface area contributed by atoms with Gasteiger partial charge in [-0.25, -0.2) is 12.4 Å². The predicted octanol–water partition coefficient (Wildman–Crippen LogP) is 3.39. The maximum atomic E-state index is 13.5. The molecule has 2 heterocycles. The van der Waals surface area contributed by atoms with E-state index in [0.717, 1.165) is 48.1 Å². The fourth-order valence-corrected chi connectivity index (χ4v) is 5.85. The van der Waals surface area contributed by atoms with E-state index in [4.69, 9.17) is 0 Å². The predicted molar refractivity (Wildman–Crippen MR) is 102 cm³/mol. The van der Waals surface area contributed by atoms with Crippen LogP contribution < -0.4 is 0 Å². The van der Waals surface area contributed by atoms with Gasteiger partial charge < -0.3 is 4.90 Å². The summed E-state index contributed by atoms with van der Waals surface area (Å²) in [6, 6.07) is 6.11. The number of nitrogens with zero attached hydrogens (tertiary/aromatic N) is 2. The van der Waals surface area contributed by atoms with Gasteiger partial charge in [0.15, 0.2) is 0 Å². The number of hydrogen-bond acceptors (Lipinski definition) is 3. The smallest absolute Gasteiger partial charge is 0.246 e. The molecular weight excluding hydrogens is 332 g/mol. The Morgan fingerprint density at radius 1 is 1.20 bits per heavy atom. The van der Waals surface area contributed by atoms with Crippen molar-refractivity contribution >= 4 is 20.9 Å². The Morgan fingerprint density at radius 3 is 2.80 bits per heavy atom. The van der Waals surface area contributed by atoms with Gasteiger partial charge in [0.25, 0.3) is 0 Å². The summed E-state index contributed by atoms with van der Waals surface area (Å²) in [5, 5.41) is 0.599. The van der Waals surface area contributed by atoms with Crippen molar-refractivity contribution < 1.29 is 8.42 Å². The van der Waals surface area contributed by atoms with Crippen molar-refractivity contribution in [1.29, 1.82) is 0 Å². The van der Waals surface area contributed by atoms with Crippen LogP contribution in [-0.4, -0.2) is 36.1 Å². The number of aryl methyl sites for hydroxylation is 1. The Balaban J connectivity index is 1.99. The van der Waals surface area contributed by atoms with Crippen LogP contribution in [0.5, 0.6) is 0 Å². The lowest BCUT2D eigenvalue weighted by molar-refractivity contribution is 0.333. The van der Waals surface area contributed by atoms with Crippen LogP contribution in [0.4, 0.5) is 0 Å². The van der Waals surface area contributed by atoms with Crippen molar-refractivity contribution in [2.45, 2.75) is 38.0 Å². The summed E-state index contributed by atoms with van der Waals surface area (Å²) >= 11 is 0. The molecule has 132 valence electrons. The molecule has 0 amide bonds. The van der Waals surface area contributed by atoms with E-state index in [0.29, 0.717) is 6.42 Å². The summed E-state index contributed by atoms with van der Waals surface area (Å²) in [4.78, 5) is 2.29. The van der Waals surface area contributed by atoms with E-state index in [1.54, 1.807) is 3.97 Å². The monoisotopic (exact) mass is 356 g/mol. The molecule has 1 aromatic carbocycles. The van der Waals surface area contributed by atoms with E-state index in [9.17, 15) is 8.42 Å². The van der Waals surface area contributed by atoms with Gasteiger partial charge in [0.05, 0.1) is 5.52 Å². The van der Waals surface area contributed by atoms with Crippen LogP contribution in [0, 0.1) is 6.92 Å². The number of allylic oxidation sites excluding steroid dienone is 3. The molecule has 0 radical (unpaired) electrons. The van der Waals surface area contributed by atoms with Crippen molar-refractivity contribution in [3.8, 4) is 0 Å². The Morgan fingerprint density at radius 2 is 2.04 bits per heavy atom. The average Bonchev–Trinajstić information content (AvgIpc) is 2.76. The molecule has 0 saturated carbocycles. The third kappa shape index (κ3) is 2.75. The van der Waals surface area contributed by atoms with Gasteiger partial charge in [-0.2, -0.15) is 0 Å². The maximum Gasteiger partial charge on any atom is 0.246 e. The molecule has 1 aliphatic carbocycles. The van der Waals surface area contributed by atoms with E-state index in [-0.39, 0.29) is 0 Å². The average molecular weight is 356 g/mol. The highest BCUT2D eigenvalue weighted by molar-refractivity contribution is 7.90. The van der Waals surface area contributed by atoms with Gasteiger partial charge in [0.1, 0.15) is 5.25 Å². The molecular formula is C20H24N2O2S. The first-order valence-electron chi connectivity index (χ1n) is 8.87. The van der Waals surface area contributed by atoms with Crippen LogP contribution in [0.15, 0.2) is 42.5 Å². The molecule has 2 aromatic rings. The third-order valence-corrected chi connectivity index (χ3v) is 7.29. The first-order valence-corrected chi connectivity index (χ1v) is 10.4. The highest BCUT2D eigenvalue weighted by Crippen LogP contribution is 2.34. The lowest BCUT2D eigenvalue weighted by Gasteiger charge is -2.18. The molecule has 4 nitrogen and oxygen atoms in total. The van der Waals surface area contributed by atoms with Gasteiger partial charge in [-0.3, -0.25) is 0 Å². The number of aromatic nitrogens is 1. The standard InChI is InChI=1S/C20H24N2O2S/c1-15-10-11-20-17(13-15)18-14-21(2)12-6-9-19(18)22(20)25(23,24)16-7-4-3-5-8-16/h3-5,7,10-11,13,16H,6,8-9,12,14H2,1-2H3. The minimum atomic E-state index is -3.47. The number of rotatable bonds is 2. The van der Waals surface area contributed by atoms with Crippen LogP contribution in [-0.2, 0) is 23.0 Å². The van der Waals surface area contributed by atoms with Gasteiger partial charge in [-0.05, 0) is 57.5 Å². The molecule has 1 aliphatic heterocycles. The lowest BCUT2D eigenvalue weighted by Crippen LogP contribution is -2.27. The summed E-state index contributed by atoms with van der Waals surface area (Å²) in [6.45, 7) is 3.86. The maximum absolute atomic E-state index is 13.5. The second kappa shape index (κ2) is 6.15. The fourth-order valence-electron chi connectivity index (χ4n) is 3.99. The van der Waals surface area contributed by atoms with Crippen LogP contribution in [0.2, 0.25) is 0 Å². The minimum absolute atomic E-state index is 0.487. The van der Waals surface area contributed by atoms with Gasteiger partial charge in [0.2, 0.25) is 10.0 Å². The second-order valence-corrected chi connectivity index (χ2v) is 9.18. The van der Waals surface area contributed by atoms with E-state index in [1.165, 1.54) is 5.56 Å². The van der Waals surface area contributed by atoms with Gasteiger partial charge >= 0.3 is 0 Å². The topological polar surface area (TPSA) is 42.3 Å². The third-order valence-electron chi connectivity index (χ3n) is 5.25. The molecule has 2 aliphatic rings. The molecule has 5 heteroatoms. The summed E-state index contributed by atoms with van der Waals surface area (Å²) in [5.41, 5.74) is 4.15. The molecule has 0 N–H and O–H groups in total. The van der Waals surface area contributed by atoms with Crippen molar-refractivity contribution in [2.75, 3.05) is 13.6 Å². The SMILES string of the molecule is Cc1ccc2c(c1)c1c(n2S(=O)(=O)C2C=CC=CC2)CCCN(C)C1. The molecule has 0 bridgehead atoms. The van der Waals surface area contributed by atoms with Crippen LogP contribution >= 0.6 is 0 Å². The van der Waals surface area contributed by atoms with Gasteiger partial charge in [-0.15, -0.1) is 0 Å². The quantitative estimate of drug-likeness (QED) is 0.828. The molecule has 0 fully saturated rings. The molecule has 1 aromatic heterocycles. The summed E-state index contributed by atoms with van der Waals surface area (Å²) in [5.74, 6) is 0. The van der Waals surface area contributed by atoms with Crippen molar-refractivity contribution in [3.05, 3.63) is 59.3 Å². The van der Waals surface area contributed by atoms with Crippen molar-refractivity contribution in [2.24, 2.45) is 0 Å². The fraction of sp³-hybridized carbons (Fsp3) is 0.400. The van der Waals surface area contributed by atoms with E-state index in [2.05, 4.69) is 24.9 Å². The second-order valence-electron chi connectivity index (χ2n) is 7.18. The number of fused-ring (bicyclic) bond motifs is 3. The minimum Gasteiger partial charge on any atom is -0.302 e. The summed E-state index contributed by atoms with van der Waals surface area (Å²) in [6.07, 6.45) is 9.83. The Bertz CT molecular complexity index is 983. The highest BCUT2D eigenvalue weighted by atomic mass is 32.2. The van der Waals surface area contributed by atoms with Gasteiger partial charge in [-0.1, -0.05) is 35.9 Å². The van der Waals surface area contributed by atoms with Crippen molar-refractivity contribution in [1.82, 2.24) is 8.87 Å². The number of benzene rings is 1. The van der Waals surface area contributed by atoms with Gasteiger partial charge in [0, 0.05) is 17.6 Å². The Labute approximate surface area is 149 Å². The Hall–Kier alpha value is -1.85. The lowest BCUT2D eigenvalue weighted by atomic mass is 10.1. The van der Waals surface area contributed by atoms with Crippen LogP contribution in [0.25, 0.3) is 10.9 Å². The molecule has 1 unspecified atom stereocenters. The van der Waals surface area contributed by atoms with Crippen molar-refractivity contribution in [3.63, 3.8) is 0 Å². The largest absolute Gasteiger partial charge is 0.302 e.